The van der Waals surface area contributed by atoms with Gasteiger partial charge < -0.3 is 4.90 Å². The zero-order valence-corrected chi connectivity index (χ0v) is 13.6. The molecule has 0 bridgehead atoms. The third-order valence-corrected chi connectivity index (χ3v) is 1.58. The Kier molecular flexibility index (Phi) is 13.6. The minimum atomic E-state index is -0.870. The van der Waals surface area contributed by atoms with Gasteiger partial charge in [-0.1, -0.05) is 48.7 Å². The number of rotatable bonds is 3. The summed E-state index contributed by atoms with van der Waals surface area (Å²) in [6.45, 7) is 7.35. The third kappa shape index (κ3) is 14.5. The van der Waals surface area contributed by atoms with Crippen molar-refractivity contribution in [2.24, 2.45) is 0 Å². The predicted molar refractivity (Wildman–Crippen MR) is 84.4 cm³/mol. The van der Waals surface area contributed by atoms with E-state index in [2.05, 4.69) is 0 Å². The molecule has 0 fully saturated rings. The summed E-state index contributed by atoms with van der Waals surface area (Å²) in [4.78, 5) is 13.3. The second kappa shape index (κ2) is 13.0. The molecule has 0 aliphatic heterocycles. The Morgan fingerprint density at radius 2 is 1.53 bits per heavy atom. The van der Waals surface area contributed by atoms with Gasteiger partial charge in [-0.15, -0.1) is 0 Å². The third-order valence-electron chi connectivity index (χ3n) is 1.58. The van der Waals surface area contributed by atoms with Crippen LogP contribution in [0.25, 0.3) is 0 Å². The van der Waals surface area contributed by atoms with Gasteiger partial charge in [0.15, 0.2) is 5.78 Å². The van der Waals surface area contributed by atoms with Gasteiger partial charge in [0, 0.05) is 31.9 Å². The highest BCUT2D eigenvalue weighted by atomic mass is 31.1. The van der Waals surface area contributed by atoms with Crippen molar-refractivity contribution in [3.05, 3.63) is 48.2 Å². The molecular weight excluding hydrogens is 257 g/mol. The van der Waals surface area contributed by atoms with Crippen LogP contribution in [-0.2, 0) is 4.57 Å². The van der Waals surface area contributed by atoms with E-state index in [0.717, 1.165) is 5.56 Å². The van der Waals surface area contributed by atoms with Crippen molar-refractivity contribution in [1.29, 1.82) is 0 Å². The Labute approximate surface area is 118 Å². The summed E-state index contributed by atoms with van der Waals surface area (Å²) in [5.41, 5.74) is 0.723. The number of hydrogen-bond acceptors (Lipinski definition) is 3. The minimum Gasteiger partial charge on any atom is -0.383 e. The molecule has 3 nitrogen and oxygen atoms in total. The molecule has 0 spiro atoms. The van der Waals surface area contributed by atoms with Gasteiger partial charge in [0.05, 0.1) is 0 Å². The summed E-state index contributed by atoms with van der Waals surface area (Å²) < 4.78 is 9.59. The smallest absolute Gasteiger partial charge is 0.332 e. The first-order valence-electron chi connectivity index (χ1n) is 6.22. The first kappa shape index (κ1) is 19.9. The average molecular weight is 282 g/mol. The molecule has 0 aliphatic rings. The fourth-order valence-electron chi connectivity index (χ4n) is 0.915. The molecular formula is C15H25NO2P+. The van der Waals surface area contributed by atoms with Crippen LogP contribution in [0.4, 0.5) is 0 Å². The van der Waals surface area contributed by atoms with E-state index in [1.807, 2.05) is 63.2 Å². The van der Waals surface area contributed by atoms with E-state index in [0.29, 0.717) is 0 Å². The number of hydrogen-bond donors (Lipinski definition) is 0. The van der Waals surface area contributed by atoms with E-state index in [4.69, 9.17) is 0 Å². The predicted octanol–water partition coefficient (Wildman–Crippen LogP) is 4.04. The van der Waals surface area contributed by atoms with Gasteiger partial charge in [-0.3, -0.25) is 4.79 Å². The zero-order chi connectivity index (χ0) is 15.3. The lowest BCUT2D eigenvalue weighted by Gasteiger charge is -2.02. The van der Waals surface area contributed by atoms with Crippen LogP contribution in [-0.4, -0.2) is 38.1 Å². The van der Waals surface area contributed by atoms with Crippen molar-refractivity contribution >= 4 is 13.6 Å². The normalized spacial score (nSPS) is 8.74. The molecule has 0 unspecified atom stereocenters. The van der Waals surface area contributed by atoms with E-state index in [-0.39, 0.29) is 5.78 Å². The van der Waals surface area contributed by atoms with Gasteiger partial charge in [-0.2, -0.15) is 0 Å². The van der Waals surface area contributed by atoms with Crippen molar-refractivity contribution in [2.45, 2.75) is 13.8 Å². The highest BCUT2D eigenvalue weighted by molar-refractivity contribution is 7.42. The molecule has 0 heterocycles. The Hall–Kier alpha value is -1.47. The first-order valence-corrected chi connectivity index (χ1v) is 8.37. The van der Waals surface area contributed by atoms with Crippen LogP contribution in [0.2, 0.25) is 0 Å². The highest BCUT2D eigenvalue weighted by Gasteiger charge is 1.98. The van der Waals surface area contributed by atoms with E-state index in [9.17, 15) is 9.36 Å². The van der Waals surface area contributed by atoms with Crippen LogP contribution in [0, 0.1) is 0 Å². The molecule has 19 heavy (non-hydrogen) atoms. The number of allylic oxidation sites excluding steroid dienone is 1. The molecule has 106 valence electrons. The highest BCUT2D eigenvalue weighted by Crippen LogP contribution is 2.01. The van der Waals surface area contributed by atoms with Crippen LogP contribution in [0.5, 0.6) is 0 Å². The average Bonchev–Trinajstić information content (AvgIpc) is 2.38. The Morgan fingerprint density at radius 1 is 1.11 bits per heavy atom. The molecule has 0 radical (unpaired) electrons. The number of carbonyl (C=O) groups is 1. The summed E-state index contributed by atoms with van der Waals surface area (Å²) in [6, 6.07) is 9.23. The second-order valence-corrected chi connectivity index (χ2v) is 5.45. The summed E-state index contributed by atoms with van der Waals surface area (Å²) in [7, 11) is 2.90. The van der Waals surface area contributed by atoms with Crippen LogP contribution in [0.1, 0.15) is 24.2 Å². The van der Waals surface area contributed by atoms with E-state index >= 15 is 0 Å². The van der Waals surface area contributed by atoms with Gasteiger partial charge in [-0.25, -0.2) is 0 Å². The monoisotopic (exact) mass is 282 g/mol. The Bertz CT molecular complexity index is 382. The standard InChI is InChI=1S/C11H13NO.C2H6OP.C2H6/c1-12(2)9-8-11(13)10-6-4-3-5-7-10;1-4(2)3;1-2/h3-9H,1-2H3;1-2H3;1-2H3/q;+1;/b9-8+;;. The fourth-order valence-corrected chi connectivity index (χ4v) is 0.915. The van der Waals surface area contributed by atoms with Gasteiger partial charge in [0.25, 0.3) is 0 Å². The molecule has 4 heteroatoms. The molecule has 0 amide bonds. The summed E-state index contributed by atoms with van der Waals surface area (Å²) in [5.74, 6) is 0.0364. The zero-order valence-electron chi connectivity index (χ0n) is 12.8. The van der Waals surface area contributed by atoms with Crippen molar-refractivity contribution < 1.29 is 9.36 Å². The van der Waals surface area contributed by atoms with Crippen LogP contribution in [0.15, 0.2) is 42.6 Å². The van der Waals surface area contributed by atoms with Gasteiger partial charge in [0.1, 0.15) is 13.3 Å². The summed E-state index contributed by atoms with van der Waals surface area (Å²) in [6.07, 6.45) is 3.31. The van der Waals surface area contributed by atoms with Crippen molar-refractivity contribution in [1.82, 2.24) is 4.90 Å². The molecule has 0 aromatic heterocycles. The van der Waals surface area contributed by atoms with Gasteiger partial charge in [0.2, 0.25) is 0 Å². The van der Waals surface area contributed by atoms with Gasteiger partial charge >= 0.3 is 7.80 Å². The van der Waals surface area contributed by atoms with E-state index in [1.54, 1.807) is 25.6 Å². The minimum absolute atomic E-state index is 0.0364. The van der Waals surface area contributed by atoms with E-state index in [1.165, 1.54) is 0 Å². The van der Waals surface area contributed by atoms with Crippen LogP contribution in [0.3, 0.4) is 0 Å². The lowest BCUT2D eigenvalue weighted by molar-refractivity contribution is 0.104. The SMILES string of the molecule is CC.CN(C)/C=C/C(=O)c1ccccc1.C[P+](C)=O. The van der Waals surface area contributed by atoms with Gasteiger partial charge in [-0.05, 0) is 0 Å². The summed E-state index contributed by atoms with van der Waals surface area (Å²) >= 11 is 0. The maximum atomic E-state index is 11.4. The molecule has 0 saturated heterocycles. The lowest BCUT2D eigenvalue weighted by Crippen LogP contribution is -2.02. The number of nitrogens with zero attached hydrogens (tertiary/aromatic N) is 1. The number of carbonyl (C=O) groups excluding carboxylic acids is 1. The van der Waals surface area contributed by atoms with Crippen LogP contribution >= 0.6 is 7.80 Å². The maximum Gasteiger partial charge on any atom is 0.332 e. The molecule has 1 aromatic rings. The molecule has 0 saturated carbocycles. The quantitative estimate of drug-likeness (QED) is 0.477. The van der Waals surface area contributed by atoms with Crippen molar-refractivity contribution in [3.63, 3.8) is 0 Å². The number of benzene rings is 1. The molecule has 1 rings (SSSR count). The Balaban J connectivity index is 0. The van der Waals surface area contributed by atoms with E-state index < -0.39 is 7.80 Å². The van der Waals surface area contributed by atoms with Crippen molar-refractivity contribution in [3.8, 4) is 0 Å². The molecule has 0 atom stereocenters. The maximum absolute atomic E-state index is 11.4. The fraction of sp³-hybridized carbons (Fsp3) is 0.400. The van der Waals surface area contributed by atoms with Crippen molar-refractivity contribution in [2.75, 3.05) is 27.4 Å². The largest absolute Gasteiger partial charge is 0.383 e. The first-order chi connectivity index (χ1) is 8.93. The Morgan fingerprint density at radius 3 is 1.89 bits per heavy atom. The lowest BCUT2D eigenvalue weighted by atomic mass is 10.1. The molecule has 0 aliphatic carbocycles. The molecule has 0 N–H and O–H groups in total. The van der Waals surface area contributed by atoms with Crippen LogP contribution < -0.4 is 0 Å². The summed E-state index contributed by atoms with van der Waals surface area (Å²) in [5, 5.41) is 0. The topological polar surface area (TPSA) is 37.4 Å². The molecule has 1 aromatic carbocycles. The number of ketones is 1. The second-order valence-electron chi connectivity index (χ2n) is 3.82.